The second-order valence-electron chi connectivity index (χ2n) is 7.88. The third-order valence-corrected chi connectivity index (χ3v) is 7.77. The van der Waals surface area contributed by atoms with Gasteiger partial charge in [-0.05, 0) is 23.6 Å². The summed E-state index contributed by atoms with van der Waals surface area (Å²) in [6.45, 7) is 0. The van der Waals surface area contributed by atoms with Crippen molar-refractivity contribution >= 4 is 62.5 Å². The Hall–Kier alpha value is -2.59. The Morgan fingerprint density at radius 2 is 2.03 bits per heavy atom. The number of carbonyl (C=O) groups excluding carboxylic acids is 3. The lowest BCUT2D eigenvalue weighted by atomic mass is 10.0. The molecule has 0 saturated heterocycles. The summed E-state index contributed by atoms with van der Waals surface area (Å²) in [5.41, 5.74) is 2.81. The fourth-order valence-electron chi connectivity index (χ4n) is 4.21. The molecule has 3 aromatic rings. The monoisotopic (exact) mass is 508 g/mol. The lowest BCUT2D eigenvalue weighted by molar-refractivity contribution is -0.144. The van der Waals surface area contributed by atoms with Gasteiger partial charge in [-0.15, -0.1) is 11.3 Å². The molecule has 0 radical (unpaired) electrons. The standard InChI is InChI=1S/C22H22Cl2N4O4S/c1-25-16(30)9-14(29)22(32)28(2)19-11-6-4-3-5-10(11)7-12(19)27-21(31)13-8-15-18(26-13)17(23)20(24)33-15/h3-6,8,12,14,19,26,29H,7,9H2,1-2H3,(H,25,30)(H,27,31)/t12-,14+,19-/m1/s1. The van der Waals surface area contributed by atoms with Crippen LogP contribution in [0.3, 0.4) is 0 Å². The number of amides is 3. The minimum Gasteiger partial charge on any atom is -0.383 e. The summed E-state index contributed by atoms with van der Waals surface area (Å²) in [6.07, 6.45) is -1.31. The van der Waals surface area contributed by atoms with Gasteiger partial charge in [0.2, 0.25) is 5.91 Å². The van der Waals surface area contributed by atoms with Crippen LogP contribution in [0.1, 0.15) is 34.1 Å². The number of aromatic nitrogens is 1. The first-order chi connectivity index (χ1) is 15.7. The average Bonchev–Trinajstić information content (AvgIpc) is 3.45. The highest BCUT2D eigenvalue weighted by Crippen LogP contribution is 2.39. The zero-order valence-corrected chi connectivity index (χ0v) is 20.1. The molecule has 11 heteroatoms. The Morgan fingerprint density at radius 1 is 1.30 bits per heavy atom. The number of hydrogen-bond donors (Lipinski definition) is 4. The van der Waals surface area contributed by atoms with Crippen LogP contribution in [0.2, 0.25) is 9.36 Å². The second kappa shape index (κ2) is 9.34. The summed E-state index contributed by atoms with van der Waals surface area (Å²) in [5.74, 6) is -1.38. The Labute approximate surface area is 203 Å². The highest BCUT2D eigenvalue weighted by atomic mass is 35.5. The molecule has 4 N–H and O–H groups in total. The van der Waals surface area contributed by atoms with Gasteiger partial charge in [0.25, 0.3) is 11.8 Å². The summed E-state index contributed by atoms with van der Waals surface area (Å²) >= 11 is 13.5. The van der Waals surface area contributed by atoms with E-state index in [4.69, 9.17) is 23.2 Å². The van der Waals surface area contributed by atoms with Gasteiger partial charge < -0.3 is 25.6 Å². The van der Waals surface area contributed by atoms with Gasteiger partial charge in [-0.1, -0.05) is 47.5 Å². The van der Waals surface area contributed by atoms with Crippen molar-refractivity contribution in [3.8, 4) is 0 Å². The van der Waals surface area contributed by atoms with E-state index in [1.54, 1.807) is 13.1 Å². The first-order valence-corrected chi connectivity index (χ1v) is 11.8. The summed E-state index contributed by atoms with van der Waals surface area (Å²) < 4.78 is 1.22. The van der Waals surface area contributed by atoms with Gasteiger partial charge in [-0.3, -0.25) is 14.4 Å². The van der Waals surface area contributed by atoms with Crippen LogP contribution in [0.4, 0.5) is 0 Å². The predicted molar refractivity (Wildman–Crippen MR) is 128 cm³/mol. The quantitative estimate of drug-likeness (QED) is 0.409. The van der Waals surface area contributed by atoms with E-state index in [0.29, 0.717) is 27.0 Å². The molecule has 8 nitrogen and oxygen atoms in total. The molecule has 33 heavy (non-hydrogen) atoms. The number of aromatic amines is 1. The van der Waals surface area contributed by atoms with Crippen molar-refractivity contribution in [1.82, 2.24) is 20.5 Å². The van der Waals surface area contributed by atoms with E-state index in [1.165, 1.54) is 23.3 Å². The third kappa shape index (κ3) is 4.46. The summed E-state index contributed by atoms with van der Waals surface area (Å²) in [7, 11) is 3.00. The van der Waals surface area contributed by atoms with Crippen LogP contribution in [0, 0.1) is 0 Å². The molecule has 0 saturated carbocycles. The van der Waals surface area contributed by atoms with Crippen molar-refractivity contribution in [2.75, 3.05) is 14.1 Å². The van der Waals surface area contributed by atoms with Crippen LogP contribution in [-0.2, 0) is 16.0 Å². The van der Waals surface area contributed by atoms with Gasteiger partial charge in [0.1, 0.15) is 16.1 Å². The van der Waals surface area contributed by atoms with Gasteiger partial charge in [0.05, 0.1) is 33.7 Å². The fourth-order valence-corrected chi connectivity index (χ4v) is 5.69. The molecule has 0 aliphatic heterocycles. The minimum absolute atomic E-state index is 0.332. The van der Waals surface area contributed by atoms with Crippen molar-refractivity contribution in [3.05, 3.63) is 56.5 Å². The number of aliphatic hydroxyl groups excluding tert-OH is 1. The topological polar surface area (TPSA) is 115 Å². The molecule has 0 bridgehead atoms. The summed E-state index contributed by atoms with van der Waals surface area (Å²) in [5, 5.41) is 16.1. The van der Waals surface area contributed by atoms with Crippen LogP contribution in [-0.4, -0.2) is 59.0 Å². The molecule has 174 valence electrons. The molecule has 0 spiro atoms. The molecular formula is C22H22Cl2N4O4S. The van der Waals surface area contributed by atoms with E-state index in [1.807, 2.05) is 24.3 Å². The molecule has 4 rings (SSSR count). The van der Waals surface area contributed by atoms with Crippen molar-refractivity contribution in [3.63, 3.8) is 0 Å². The Balaban J connectivity index is 1.57. The lowest BCUT2D eigenvalue weighted by Crippen LogP contribution is -2.48. The van der Waals surface area contributed by atoms with Gasteiger partial charge in [-0.25, -0.2) is 0 Å². The number of benzene rings is 1. The molecule has 0 fully saturated rings. The van der Waals surface area contributed by atoms with Gasteiger partial charge >= 0.3 is 0 Å². The van der Waals surface area contributed by atoms with E-state index in [0.717, 1.165) is 15.8 Å². The minimum atomic E-state index is -1.49. The number of hydrogen-bond acceptors (Lipinski definition) is 5. The number of fused-ring (bicyclic) bond motifs is 2. The summed E-state index contributed by atoms with van der Waals surface area (Å²) in [4.78, 5) is 42.0. The van der Waals surface area contributed by atoms with Crippen LogP contribution >= 0.6 is 34.5 Å². The Bertz CT molecular complexity index is 1240. The maximum absolute atomic E-state index is 13.1. The van der Waals surface area contributed by atoms with Crippen molar-refractivity contribution in [1.29, 1.82) is 0 Å². The number of thiophene rings is 1. The Morgan fingerprint density at radius 3 is 2.73 bits per heavy atom. The largest absolute Gasteiger partial charge is 0.383 e. The fraction of sp³-hybridized carbons (Fsp3) is 0.318. The SMILES string of the molecule is CNC(=O)C[C@H](O)C(=O)N(C)[C@@H]1c2ccccc2C[C@H]1NC(=O)c1cc2sc(Cl)c(Cl)c2[nH]1. The Kier molecular flexibility index (Phi) is 6.67. The number of carbonyl (C=O) groups is 3. The van der Waals surface area contributed by atoms with Crippen molar-refractivity contribution in [2.45, 2.75) is 31.0 Å². The van der Waals surface area contributed by atoms with E-state index >= 15 is 0 Å². The van der Waals surface area contributed by atoms with Gasteiger partial charge in [0, 0.05) is 14.1 Å². The lowest BCUT2D eigenvalue weighted by Gasteiger charge is -2.32. The number of likely N-dealkylation sites (N-methyl/N-ethyl adjacent to an activating group) is 1. The highest BCUT2D eigenvalue weighted by Gasteiger charge is 2.39. The molecule has 1 aliphatic carbocycles. The number of nitrogens with zero attached hydrogens (tertiary/aromatic N) is 1. The molecular weight excluding hydrogens is 487 g/mol. The molecule has 2 aromatic heterocycles. The molecule has 1 aliphatic rings. The van der Waals surface area contributed by atoms with Crippen molar-refractivity contribution in [2.24, 2.45) is 0 Å². The van der Waals surface area contributed by atoms with Crippen LogP contribution in [0.15, 0.2) is 30.3 Å². The summed E-state index contributed by atoms with van der Waals surface area (Å²) in [6, 6.07) is 8.34. The zero-order valence-electron chi connectivity index (χ0n) is 17.8. The highest BCUT2D eigenvalue weighted by molar-refractivity contribution is 7.23. The first kappa shape index (κ1) is 23.6. The first-order valence-electron chi connectivity index (χ1n) is 10.2. The normalized spacial score (nSPS) is 18.1. The van der Waals surface area contributed by atoms with Gasteiger partial charge in [-0.2, -0.15) is 0 Å². The molecule has 3 amide bonds. The van der Waals surface area contributed by atoms with Crippen LogP contribution in [0.25, 0.3) is 10.2 Å². The predicted octanol–water partition coefficient (Wildman–Crippen LogP) is 2.89. The van der Waals surface area contributed by atoms with Crippen molar-refractivity contribution < 1.29 is 19.5 Å². The molecule has 2 heterocycles. The second-order valence-corrected chi connectivity index (χ2v) is 9.91. The third-order valence-electron chi connectivity index (χ3n) is 5.84. The molecule has 3 atom stereocenters. The number of rotatable bonds is 6. The number of nitrogens with one attached hydrogen (secondary N) is 3. The van der Waals surface area contributed by atoms with Crippen LogP contribution < -0.4 is 10.6 Å². The van der Waals surface area contributed by atoms with E-state index in [-0.39, 0.29) is 12.3 Å². The average molecular weight is 509 g/mol. The zero-order chi connectivity index (χ0) is 23.9. The smallest absolute Gasteiger partial charge is 0.268 e. The van der Waals surface area contributed by atoms with E-state index in [2.05, 4.69) is 15.6 Å². The number of halogens is 2. The van der Waals surface area contributed by atoms with E-state index < -0.39 is 30.0 Å². The number of H-pyrrole nitrogens is 1. The van der Waals surface area contributed by atoms with E-state index in [9.17, 15) is 19.5 Å². The van der Waals surface area contributed by atoms with Gasteiger partial charge in [0.15, 0.2) is 0 Å². The maximum Gasteiger partial charge on any atom is 0.268 e. The number of aliphatic hydroxyl groups is 1. The molecule has 1 aromatic carbocycles. The maximum atomic E-state index is 13.1. The molecule has 0 unspecified atom stereocenters. The van der Waals surface area contributed by atoms with Crippen LogP contribution in [0.5, 0.6) is 0 Å².